The van der Waals surface area contributed by atoms with Crippen LogP contribution < -0.4 is 10.6 Å². The summed E-state index contributed by atoms with van der Waals surface area (Å²) in [6.45, 7) is 6.77. The van der Waals surface area contributed by atoms with Gasteiger partial charge in [-0.3, -0.25) is 9.69 Å². The minimum Gasteiger partial charge on any atom is -0.325 e. The van der Waals surface area contributed by atoms with Crippen LogP contribution in [0.1, 0.15) is 19.8 Å². The zero-order valence-electron chi connectivity index (χ0n) is 12.3. The zero-order valence-corrected chi connectivity index (χ0v) is 12.3. The van der Waals surface area contributed by atoms with Crippen LogP contribution in [0.3, 0.4) is 0 Å². The van der Waals surface area contributed by atoms with Crippen LogP contribution in [0.4, 0.5) is 5.69 Å². The third-order valence-corrected chi connectivity index (χ3v) is 3.85. The standard InChI is InChI=1S/C16H25N3O/c1-2-19(12-14-8-10-17-11-9-14)13-16(20)18-15-6-4-3-5-7-15/h3-7,14,17H,2,8-13H2,1H3,(H,18,20). The van der Waals surface area contributed by atoms with Crippen LogP contribution in [0.15, 0.2) is 30.3 Å². The van der Waals surface area contributed by atoms with Crippen molar-refractivity contribution < 1.29 is 4.79 Å². The first-order valence-electron chi connectivity index (χ1n) is 7.56. The molecule has 0 unspecified atom stereocenters. The summed E-state index contributed by atoms with van der Waals surface area (Å²) in [7, 11) is 0. The number of nitrogens with zero attached hydrogens (tertiary/aromatic N) is 1. The summed E-state index contributed by atoms with van der Waals surface area (Å²) in [4.78, 5) is 14.3. The molecule has 0 radical (unpaired) electrons. The molecule has 1 fully saturated rings. The van der Waals surface area contributed by atoms with Crippen molar-refractivity contribution in [3.8, 4) is 0 Å². The van der Waals surface area contributed by atoms with Crippen molar-refractivity contribution in [1.82, 2.24) is 10.2 Å². The highest BCUT2D eigenvalue weighted by atomic mass is 16.2. The number of nitrogens with one attached hydrogen (secondary N) is 2. The number of hydrogen-bond acceptors (Lipinski definition) is 3. The second kappa shape index (κ2) is 8.02. The van der Waals surface area contributed by atoms with E-state index in [0.29, 0.717) is 6.54 Å². The van der Waals surface area contributed by atoms with E-state index < -0.39 is 0 Å². The molecule has 4 nitrogen and oxygen atoms in total. The van der Waals surface area contributed by atoms with Crippen molar-refractivity contribution >= 4 is 11.6 Å². The van der Waals surface area contributed by atoms with E-state index in [9.17, 15) is 4.79 Å². The van der Waals surface area contributed by atoms with Gasteiger partial charge in [-0.15, -0.1) is 0 Å². The SMILES string of the molecule is CCN(CC(=O)Nc1ccccc1)CC1CCNCC1. The smallest absolute Gasteiger partial charge is 0.238 e. The van der Waals surface area contributed by atoms with Gasteiger partial charge in [0.05, 0.1) is 6.54 Å². The summed E-state index contributed by atoms with van der Waals surface area (Å²) in [5.74, 6) is 0.799. The van der Waals surface area contributed by atoms with Gasteiger partial charge in [0.2, 0.25) is 5.91 Å². The Bertz CT molecular complexity index is 401. The van der Waals surface area contributed by atoms with Gasteiger partial charge < -0.3 is 10.6 Å². The molecule has 1 saturated heterocycles. The van der Waals surface area contributed by atoms with Crippen LogP contribution in [-0.4, -0.2) is 43.5 Å². The fourth-order valence-corrected chi connectivity index (χ4v) is 2.66. The Labute approximate surface area is 121 Å². The summed E-state index contributed by atoms with van der Waals surface area (Å²) in [6, 6.07) is 9.65. The number of likely N-dealkylation sites (N-methyl/N-ethyl adjacent to an activating group) is 1. The maximum Gasteiger partial charge on any atom is 0.238 e. The molecular formula is C16H25N3O. The summed E-state index contributed by atoms with van der Waals surface area (Å²) < 4.78 is 0. The fraction of sp³-hybridized carbons (Fsp3) is 0.562. The predicted octanol–water partition coefficient (Wildman–Crippen LogP) is 1.95. The molecule has 2 N–H and O–H groups in total. The van der Waals surface area contributed by atoms with Crippen LogP contribution in [0.2, 0.25) is 0 Å². The third-order valence-electron chi connectivity index (χ3n) is 3.85. The Morgan fingerprint density at radius 2 is 2.00 bits per heavy atom. The molecule has 0 saturated carbocycles. The summed E-state index contributed by atoms with van der Waals surface area (Å²) in [5.41, 5.74) is 0.871. The van der Waals surface area contributed by atoms with Crippen LogP contribution in [-0.2, 0) is 4.79 Å². The van der Waals surface area contributed by atoms with E-state index >= 15 is 0 Å². The first-order chi connectivity index (χ1) is 9.78. The number of rotatable bonds is 6. The maximum absolute atomic E-state index is 12.1. The van der Waals surface area contributed by atoms with Gasteiger partial charge in [-0.25, -0.2) is 0 Å². The largest absolute Gasteiger partial charge is 0.325 e. The summed E-state index contributed by atoms with van der Waals surface area (Å²) in [6.07, 6.45) is 2.44. The lowest BCUT2D eigenvalue weighted by atomic mass is 9.97. The van der Waals surface area contributed by atoms with Gasteiger partial charge in [0, 0.05) is 12.2 Å². The van der Waals surface area contributed by atoms with Gasteiger partial charge in [0.15, 0.2) is 0 Å². The van der Waals surface area contributed by atoms with Crippen LogP contribution in [0.25, 0.3) is 0 Å². The zero-order chi connectivity index (χ0) is 14.2. The lowest BCUT2D eigenvalue weighted by Gasteiger charge is -2.28. The molecule has 2 rings (SSSR count). The summed E-state index contributed by atoms with van der Waals surface area (Å²) in [5, 5.41) is 6.33. The topological polar surface area (TPSA) is 44.4 Å². The molecular weight excluding hydrogens is 250 g/mol. The molecule has 20 heavy (non-hydrogen) atoms. The van der Waals surface area contributed by atoms with Crippen molar-refractivity contribution in [2.75, 3.05) is 38.0 Å². The number of carbonyl (C=O) groups is 1. The number of hydrogen-bond donors (Lipinski definition) is 2. The lowest BCUT2D eigenvalue weighted by molar-refractivity contribution is -0.117. The van der Waals surface area contributed by atoms with Gasteiger partial charge in [-0.05, 0) is 50.5 Å². The van der Waals surface area contributed by atoms with Crippen LogP contribution in [0, 0.1) is 5.92 Å². The van der Waals surface area contributed by atoms with Gasteiger partial charge in [-0.1, -0.05) is 25.1 Å². The lowest BCUT2D eigenvalue weighted by Crippen LogP contribution is -2.39. The van der Waals surface area contributed by atoms with E-state index in [1.807, 2.05) is 30.3 Å². The van der Waals surface area contributed by atoms with Gasteiger partial charge in [0.1, 0.15) is 0 Å². The normalized spacial score (nSPS) is 16.3. The number of amides is 1. The quantitative estimate of drug-likeness (QED) is 0.834. The molecule has 1 heterocycles. The maximum atomic E-state index is 12.1. The molecule has 0 spiro atoms. The minimum absolute atomic E-state index is 0.0759. The highest BCUT2D eigenvalue weighted by molar-refractivity contribution is 5.92. The first-order valence-corrected chi connectivity index (χ1v) is 7.56. The van der Waals surface area contributed by atoms with Gasteiger partial charge >= 0.3 is 0 Å². The van der Waals surface area contributed by atoms with Gasteiger partial charge in [0.25, 0.3) is 0 Å². The molecule has 1 aromatic rings. The van der Waals surface area contributed by atoms with Crippen molar-refractivity contribution in [2.24, 2.45) is 5.92 Å². The first kappa shape index (κ1) is 15.0. The van der Waals surface area contributed by atoms with E-state index in [4.69, 9.17) is 0 Å². The minimum atomic E-state index is 0.0759. The molecule has 0 bridgehead atoms. The van der Waals surface area contributed by atoms with Crippen molar-refractivity contribution in [3.05, 3.63) is 30.3 Å². The highest BCUT2D eigenvalue weighted by Crippen LogP contribution is 2.13. The number of anilines is 1. The molecule has 1 aliphatic heterocycles. The molecule has 1 amide bonds. The van der Waals surface area contributed by atoms with Crippen LogP contribution >= 0.6 is 0 Å². The van der Waals surface area contributed by atoms with Gasteiger partial charge in [-0.2, -0.15) is 0 Å². The van der Waals surface area contributed by atoms with Crippen molar-refractivity contribution in [2.45, 2.75) is 19.8 Å². The van der Waals surface area contributed by atoms with E-state index in [2.05, 4.69) is 22.5 Å². The Kier molecular flexibility index (Phi) is 6.02. The van der Waals surface area contributed by atoms with Crippen molar-refractivity contribution in [3.63, 3.8) is 0 Å². The molecule has 0 aliphatic carbocycles. The number of piperidine rings is 1. The Morgan fingerprint density at radius 1 is 1.30 bits per heavy atom. The number of benzene rings is 1. The fourth-order valence-electron chi connectivity index (χ4n) is 2.66. The molecule has 1 aliphatic rings. The Morgan fingerprint density at radius 3 is 2.65 bits per heavy atom. The Hall–Kier alpha value is -1.39. The van der Waals surface area contributed by atoms with E-state index in [-0.39, 0.29) is 5.91 Å². The average molecular weight is 275 g/mol. The molecule has 4 heteroatoms. The average Bonchev–Trinajstić information content (AvgIpc) is 2.48. The summed E-state index contributed by atoms with van der Waals surface area (Å²) >= 11 is 0. The number of carbonyl (C=O) groups excluding carboxylic acids is 1. The molecule has 0 aromatic heterocycles. The van der Waals surface area contributed by atoms with E-state index in [0.717, 1.165) is 37.8 Å². The predicted molar refractivity (Wildman–Crippen MR) is 82.8 cm³/mol. The van der Waals surface area contributed by atoms with E-state index in [1.165, 1.54) is 12.8 Å². The number of para-hydroxylation sites is 1. The van der Waals surface area contributed by atoms with E-state index in [1.54, 1.807) is 0 Å². The molecule has 1 aromatic carbocycles. The van der Waals surface area contributed by atoms with Crippen LogP contribution in [0.5, 0.6) is 0 Å². The molecule has 110 valence electrons. The second-order valence-electron chi connectivity index (χ2n) is 5.44. The molecule has 0 atom stereocenters. The third kappa shape index (κ3) is 4.94. The second-order valence-corrected chi connectivity index (χ2v) is 5.44. The Balaban J connectivity index is 1.78. The van der Waals surface area contributed by atoms with Crippen molar-refractivity contribution in [1.29, 1.82) is 0 Å². The monoisotopic (exact) mass is 275 g/mol. The highest BCUT2D eigenvalue weighted by Gasteiger charge is 2.17.